The van der Waals surface area contributed by atoms with E-state index in [1.807, 2.05) is 30.5 Å². The molecule has 1 heterocycles. The minimum atomic E-state index is -1.21. The van der Waals surface area contributed by atoms with Gasteiger partial charge in [-0.25, -0.2) is 4.98 Å². The van der Waals surface area contributed by atoms with Gasteiger partial charge in [-0.15, -0.1) is 11.3 Å². The molecule has 0 radical (unpaired) electrons. The van der Waals surface area contributed by atoms with Gasteiger partial charge in [-0.2, -0.15) is 0 Å². The van der Waals surface area contributed by atoms with Crippen molar-refractivity contribution in [1.82, 2.24) is 10.3 Å². The smallest absolute Gasteiger partial charge is 0.232 e. The summed E-state index contributed by atoms with van der Waals surface area (Å²) < 4.78 is 12.0. The Hall–Kier alpha value is -1.53. The van der Waals surface area contributed by atoms with Crippen LogP contribution in [0.2, 0.25) is 0 Å². The molecular formula is C16H20N2O2S2. The Labute approximate surface area is 137 Å². The van der Waals surface area contributed by atoms with Crippen LogP contribution in [-0.2, 0) is 27.8 Å². The van der Waals surface area contributed by atoms with Crippen LogP contribution in [0.4, 0.5) is 0 Å². The minimum absolute atomic E-state index is 0.0472. The number of nitrogens with one attached hydrogen (secondary N) is 1. The van der Waals surface area contributed by atoms with Gasteiger partial charge in [-0.3, -0.25) is 9.00 Å². The summed E-state index contributed by atoms with van der Waals surface area (Å²) in [6.07, 6.45) is 1.67. The molecule has 0 spiro atoms. The molecule has 1 aromatic carbocycles. The number of amides is 1. The van der Waals surface area contributed by atoms with E-state index in [1.165, 1.54) is 5.56 Å². The second-order valence-corrected chi connectivity index (χ2v) is 7.37. The molecule has 0 aliphatic heterocycles. The number of carbonyl (C=O) groups excluding carboxylic acids is 1. The van der Waals surface area contributed by atoms with Crippen molar-refractivity contribution in [2.75, 3.05) is 12.3 Å². The number of carbonyl (C=O) groups is 1. The van der Waals surface area contributed by atoms with Gasteiger partial charge in [0.1, 0.15) is 5.75 Å². The van der Waals surface area contributed by atoms with Gasteiger partial charge in [-0.05, 0) is 12.0 Å². The third kappa shape index (κ3) is 5.69. The zero-order valence-corrected chi connectivity index (χ0v) is 14.2. The molecule has 4 nitrogen and oxygen atoms in total. The molecule has 1 aromatic heterocycles. The summed E-state index contributed by atoms with van der Waals surface area (Å²) >= 11 is 1.57. The fourth-order valence-corrected chi connectivity index (χ4v) is 3.85. The van der Waals surface area contributed by atoms with Crippen LogP contribution in [0.3, 0.4) is 0 Å². The monoisotopic (exact) mass is 336 g/mol. The van der Waals surface area contributed by atoms with Gasteiger partial charge in [0.15, 0.2) is 0 Å². The molecule has 1 amide bonds. The second kappa shape index (κ2) is 8.80. The summed E-state index contributed by atoms with van der Waals surface area (Å²) in [6.45, 7) is 2.62. The number of aromatic nitrogens is 1. The average molecular weight is 336 g/mol. The predicted octanol–water partition coefficient (Wildman–Crippen LogP) is 2.51. The van der Waals surface area contributed by atoms with Crippen LogP contribution in [0, 0.1) is 0 Å². The topological polar surface area (TPSA) is 59.1 Å². The highest BCUT2D eigenvalue weighted by Crippen LogP contribution is 2.15. The first kappa shape index (κ1) is 16.8. The maximum atomic E-state index is 12.0. The van der Waals surface area contributed by atoms with Crippen LogP contribution in [0.25, 0.3) is 0 Å². The van der Waals surface area contributed by atoms with Crippen LogP contribution < -0.4 is 5.32 Å². The van der Waals surface area contributed by atoms with Crippen molar-refractivity contribution in [2.45, 2.75) is 25.5 Å². The zero-order chi connectivity index (χ0) is 15.8. The third-order valence-electron chi connectivity index (χ3n) is 2.97. The summed E-state index contributed by atoms with van der Waals surface area (Å²) in [6, 6.07) is 10.1. The Morgan fingerprint density at radius 2 is 2.09 bits per heavy atom. The van der Waals surface area contributed by atoms with Crippen molar-refractivity contribution >= 4 is 28.0 Å². The van der Waals surface area contributed by atoms with Crippen molar-refractivity contribution in [3.8, 4) is 0 Å². The fraction of sp³-hybridized carbons (Fsp3) is 0.375. The predicted molar refractivity (Wildman–Crippen MR) is 91.4 cm³/mol. The molecular weight excluding hydrogens is 316 g/mol. The molecule has 0 bridgehead atoms. The summed E-state index contributed by atoms with van der Waals surface area (Å²) in [5.74, 6) is 0.232. The Bertz CT molecular complexity index is 626. The van der Waals surface area contributed by atoms with E-state index >= 15 is 0 Å². The van der Waals surface area contributed by atoms with Gasteiger partial charge in [-0.1, -0.05) is 37.3 Å². The zero-order valence-electron chi connectivity index (χ0n) is 12.6. The molecule has 1 N–H and O–H groups in total. The van der Waals surface area contributed by atoms with Crippen molar-refractivity contribution < 1.29 is 9.00 Å². The lowest BCUT2D eigenvalue weighted by Gasteiger charge is -2.02. The molecule has 118 valence electrons. The van der Waals surface area contributed by atoms with Crippen molar-refractivity contribution in [1.29, 1.82) is 0 Å². The molecule has 22 heavy (non-hydrogen) atoms. The van der Waals surface area contributed by atoms with Gasteiger partial charge >= 0.3 is 0 Å². The number of benzene rings is 1. The van der Waals surface area contributed by atoms with Crippen molar-refractivity contribution in [2.24, 2.45) is 0 Å². The molecule has 0 saturated carbocycles. The SMILES string of the molecule is CCCNC(=O)CS(=O)Cc1csc(Cc2ccccc2)n1. The summed E-state index contributed by atoms with van der Waals surface area (Å²) in [5.41, 5.74) is 2.01. The molecule has 2 aromatic rings. The highest BCUT2D eigenvalue weighted by molar-refractivity contribution is 7.84. The highest BCUT2D eigenvalue weighted by atomic mass is 32.2. The Kier molecular flexibility index (Phi) is 6.74. The number of hydrogen-bond donors (Lipinski definition) is 1. The number of hydrogen-bond acceptors (Lipinski definition) is 4. The molecule has 0 aliphatic carbocycles. The largest absolute Gasteiger partial charge is 0.355 e. The van der Waals surface area contributed by atoms with E-state index in [0.717, 1.165) is 23.5 Å². The van der Waals surface area contributed by atoms with Crippen molar-refractivity contribution in [3.05, 3.63) is 52.0 Å². The van der Waals surface area contributed by atoms with Crippen LogP contribution in [0.1, 0.15) is 29.6 Å². The summed E-state index contributed by atoms with van der Waals surface area (Å²) in [4.78, 5) is 16.0. The van der Waals surface area contributed by atoms with E-state index < -0.39 is 10.8 Å². The maximum Gasteiger partial charge on any atom is 0.232 e. The van der Waals surface area contributed by atoms with Crippen LogP contribution in [0.15, 0.2) is 35.7 Å². The number of thiazole rings is 1. The van der Waals surface area contributed by atoms with E-state index in [1.54, 1.807) is 11.3 Å². The lowest BCUT2D eigenvalue weighted by Crippen LogP contribution is -2.29. The summed E-state index contributed by atoms with van der Waals surface area (Å²) in [7, 11) is -1.21. The van der Waals surface area contributed by atoms with Crippen LogP contribution in [0.5, 0.6) is 0 Å². The lowest BCUT2D eigenvalue weighted by atomic mass is 10.2. The maximum absolute atomic E-state index is 12.0. The number of nitrogens with zero attached hydrogens (tertiary/aromatic N) is 1. The van der Waals surface area contributed by atoms with Crippen LogP contribution in [-0.4, -0.2) is 27.4 Å². The number of rotatable bonds is 8. The van der Waals surface area contributed by atoms with E-state index in [2.05, 4.69) is 22.4 Å². The molecule has 0 saturated heterocycles. The third-order valence-corrected chi connectivity index (χ3v) is 5.07. The Morgan fingerprint density at radius 3 is 2.82 bits per heavy atom. The second-order valence-electron chi connectivity index (χ2n) is 4.97. The van der Waals surface area contributed by atoms with E-state index in [4.69, 9.17) is 0 Å². The van der Waals surface area contributed by atoms with Gasteiger partial charge in [0.25, 0.3) is 0 Å². The molecule has 6 heteroatoms. The van der Waals surface area contributed by atoms with Gasteiger partial charge < -0.3 is 5.32 Å². The molecule has 1 atom stereocenters. The van der Waals surface area contributed by atoms with E-state index in [0.29, 0.717) is 12.3 Å². The first-order chi connectivity index (χ1) is 10.7. The van der Waals surface area contributed by atoms with E-state index in [9.17, 15) is 9.00 Å². The van der Waals surface area contributed by atoms with Gasteiger partial charge in [0, 0.05) is 29.1 Å². The first-order valence-electron chi connectivity index (χ1n) is 7.26. The Balaban J connectivity index is 1.84. The quantitative estimate of drug-likeness (QED) is 0.806. The van der Waals surface area contributed by atoms with Crippen molar-refractivity contribution in [3.63, 3.8) is 0 Å². The first-order valence-corrected chi connectivity index (χ1v) is 9.63. The summed E-state index contributed by atoms with van der Waals surface area (Å²) in [5, 5.41) is 5.68. The minimum Gasteiger partial charge on any atom is -0.355 e. The Morgan fingerprint density at radius 1 is 1.32 bits per heavy atom. The van der Waals surface area contributed by atoms with Gasteiger partial charge in [0.2, 0.25) is 5.91 Å². The normalized spacial score (nSPS) is 12.0. The molecule has 2 rings (SSSR count). The lowest BCUT2D eigenvalue weighted by molar-refractivity contribution is -0.118. The standard InChI is InChI=1S/C16H20N2O2S2/c1-2-8-17-15(19)12-22(20)11-14-10-21-16(18-14)9-13-6-4-3-5-7-13/h3-7,10H,2,8-9,11-12H2,1H3,(H,17,19). The molecule has 1 unspecified atom stereocenters. The highest BCUT2D eigenvalue weighted by Gasteiger charge is 2.11. The molecule has 0 fully saturated rings. The molecule has 0 aliphatic rings. The average Bonchev–Trinajstić information content (AvgIpc) is 2.93. The van der Waals surface area contributed by atoms with Crippen LogP contribution >= 0.6 is 11.3 Å². The van der Waals surface area contributed by atoms with Gasteiger partial charge in [0.05, 0.1) is 16.5 Å². The van der Waals surface area contributed by atoms with E-state index in [-0.39, 0.29) is 11.7 Å². The fourth-order valence-electron chi connectivity index (χ4n) is 1.94.